The Labute approximate surface area is 143 Å². The number of anilines is 1. The predicted octanol–water partition coefficient (Wildman–Crippen LogP) is 3.92. The van der Waals surface area contributed by atoms with Crippen molar-refractivity contribution in [3.63, 3.8) is 0 Å². The van der Waals surface area contributed by atoms with Gasteiger partial charge in [-0.05, 0) is 68.7 Å². The number of aryl methyl sites for hydroxylation is 2. The number of amides is 2. The van der Waals surface area contributed by atoms with Crippen LogP contribution in [-0.2, 0) is 19.3 Å². The van der Waals surface area contributed by atoms with Crippen molar-refractivity contribution < 1.29 is 15.1 Å². The number of urea groups is 1. The molecule has 0 saturated heterocycles. The third-order valence-corrected chi connectivity index (χ3v) is 4.06. The minimum atomic E-state index is -0.445. The Kier molecular flexibility index (Phi) is 8.29. The summed E-state index contributed by atoms with van der Waals surface area (Å²) in [6.45, 7) is 7.65. The quantitative estimate of drug-likeness (QED) is 0.426. The maximum Gasteiger partial charge on any atom is 0.335 e. The monoisotopic (exact) mass is 335 g/mol. The number of aliphatic hydroxyl groups is 1. The van der Waals surface area contributed by atoms with Crippen molar-refractivity contribution in [2.75, 3.05) is 5.32 Å². The third-order valence-electron chi connectivity index (χ3n) is 4.06. The highest BCUT2D eigenvalue weighted by Gasteiger charge is 2.20. The molecule has 0 spiro atoms. The fourth-order valence-corrected chi connectivity index (χ4v) is 2.86. The van der Waals surface area contributed by atoms with E-state index in [0.717, 1.165) is 37.8 Å². The number of hydrogen-bond donors (Lipinski definition) is 5. The number of hydrazine groups is 1. The molecule has 24 heavy (non-hydrogen) atoms. The highest BCUT2D eigenvalue weighted by molar-refractivity contribution is 5.91. The van der Waals surface area contributed by atoms with Crippen LogP contribution in [0.5, 0.6) is 0 Å². The third kappa shape index (κ3) is 5.54. The molecule has 1 aliphatic carbocycles. The molecular formula is C18H29N3O3. The van der Waals surface area contributed by atoms with Crippen LogP contribution in [0.4, 0.5) is 10.5 Å². The second-order valence-corrected chi connectivity index (χ2v) is 5.91. The first-order valence-electron chi connectivity index (χ1n) is 8.36. The van der Waals surface area contributed by atoms with Crippen molar-refractivity contribution >= 4 is 11.7 Å². The SMILES string of the molecule is C/C=C(\C)O.CCCc1c(C)cc2c(c1NC(=O)NNO)CCC2. The first-order valence-corrected chi connectivity index (χ1v) is 8.36. The topological polar surface area (TPSA) is 93.6 Å². The van der Waals surface area contributed by atoms with Gasteiger partial charge in [0.25, 0.3) is 0 Å². The lowest BCUT2D eigenvalue weighted by molar-refractivity contribution is 0.130. The van der Waals surface area contributed by atoms with Gasteiger partial charge in [-0.1, -0.05) is 25.5 Å². The maximum absolute atomic E-state index is 11.6. The van der Waals surface area contributed by atoms with E-state index in [0.29, 0.717) is 5.76 Å². The first-order chi connectivity index (χ1) is 11.4. The summed E-state index contributed by atoms with van der Waals surface area (Å²) in [7, 11) is 0. The van der Waals surface area contributed by atoms with E-state index < -0.39 is 6.03 Å². The number of nitrogens with one attached hydrogen (secondary N) is 3. The van der Waals surface area contributed by atoms with Gasteiger partial charge in [-0.25, -0.2) is 10.2 Å². The van der Waals surface area contributed by atoms with Crippen LogP contribution in [-0.4, -0.2) is 16.3 Å². The minimum absolute atomic E-state index is 0.380. The van der Waals surface area contributed by atoms with Gasteiger partial charge in [-0.3, -0.25) is 5.21 Å². The van der Waals surface area contributed by atoms with Crippen molar-refractivity contribution in [2.45, 2.75) is 59.8 Å². The summed E-state index contributed by atoms with van der Waals surface area (Å²) in [5, 5.41) is 19.6. The van der Waals surface area contributed by atoms with Crippen LogP contribution in [0.1, 0.15) is 55.9 Å². The van der Waals surface area contributed by atoms with E-state index in [1.807, 2.05) is 0 Å². The number of rotatable bonds is 4. The number of carbonyl (C=O) groups excluding carboxylic acids is 1. The van der Waals surface area contributed by atoms with Crippen LogP contribution in [0.2, 0.25) is 0 Å². The lowest BCUT2D eigenvalue weighted by atomic mass is 9.95. The van der Waals surface area contributed by atoms with E-state index in [1.54, 1.807) is 25.5 Å². The van der Waals surface area contributed by atoms with Crippen LogP contribution < -0.4 is 16.3 Å². The molecule has 134 valence electrons. The summed E-state index contributed by atoms with van der Waals surface area (Å²) in [6.07, 6.45) is 6.85. The Balaban J connectivity index is 0.000000505. The van der Waals surface area contributed by atoms with Crippen molar-refractivity contribution in [1.82, 2.24) is 11.0 Å². The molecule has 0 saturated carbocycles. The molecule has 0 radical (unpaired) electrons. The van der Waals surface area contributed by atoms with Crippen molar-refractivity contribution in [1.29, 1.82) is 0 Å². The largest absolute Gasteiger partial charge is 0.513 e. The fraction of sp³-hybridized carbons (Fsp3) is 0.500. The van der Waals surface area contributed by atoms with Gasteiger partial charge in [0.05, 0.1) is 5.76 Å². The molecule has 1 aromatic rings. The molecule has 2 rings (SSSR count). The number of fused-ring (bicyclic) bond motifs is 1. The summed E-state index contributed by atoms with van der Waals surface area (Å²) in [4.78, 5) is 11.6. The van der Waals surface area contributed by atoms with Gasteiger partial charge in [0.1, 0.15) is 0 Å². The number of allylic oxidation sites excluding steroid dienone is 2. The maximum atomic E-state index is 11.6. The van der Waals surface area contributed by atoms with E-state index in [1.165, 1.54) is 22.3 Å². The lowest BCUT2D eigenvalue weighted by Gasteiger charge is -2.18. The van der Waals surface area contributed by atoms with E-state index >= 15 is 0 Å². The number of hydrogen-bond acceptors (Lipinski definition) is 4. The molecule has 5 N–H and O–H groups in total. The summed E-state index contributed by atoms with van der Waals surface area (Å²) in [6, 6.07) is 1.81. The smallest absolute Gasteiger partial charge is 0.335 e. The molecule has 1 aromatic carbocycles. The molecule has 6 nitrogen and oxygen atoms in total. The average Bonchev–Trinajstić information content (AvgIpc) is 2.99. The van der Waals surface area contributed by atoms with Gasteiger partial charge < -0.3 is 10.4 Å². The lowest BCUT2D eigenvalue weighted by Crippen LogP contribution is -2.38. The highest BCUT2D eigenvalue weighted by Crippen LogP contribution is 2.35. The Morgan fingerprint density at radius 1 is 1.38 bits per heavy atom. The van der Waals surface area contributed by atoms with Crippen LogP contribution in [0, 0.1) is 6.92 Å². The summed E-state index contributed by atoms with van der Waals surface area (Å²) in [5.41, 5.74) is 9.75. The van der Waals surface area contributed by atoms with Crippen LogP contribution in [0.25, 0.3) is 0 Å². The Morgan fingerprint density at radius 2 is 2.04 bits per heavy atom. The standard InChI is InChI=1S/C14H21N3O2.C4H8O/c1-3-5-11-9(2)8-10-6-4-7-12(10)13(11)15-14(18)16-17-19;1-3-4(2)5/h8,17,19H,3-7H2,1-2H3,(H2,15,16,18);3,5H,1-2H3/b;4-3+. The van der Waals surface area contributed by atoms with Crippen molar-refractivity contribution in [3.8, 4) is 0 Å². The molecule has 0 atom stereocenters. The predicted molar refractivity (Wildman–Crippen MR) is 96.3 cm³/mol. The molecule has 0 fully saturated rings. The molecule has 0 bridgehead atoms. The Hall–Kier alpha value is -2.05. The molecule has 0 heterocycles. The van der Waals surface area contributed by atoms with E-state index in [2.05, 4.69) is 30.7 Å². The van der Waals surface area contributed by atoms with Crippen molar-refractivity contribution in [3.05, 3.63) is 40.2 Å². The van der Waals surface area contributed by atoms with Gasteiger partial charge in [-0.15, -0.1) is 5.59 Å². The molecule has 1 aliphatic rings. The van der Waals surface area contributed by atoms with Gasteiger partial charge >= 0.3 is 6.03 Å². The molecule has 6 heteroatoms. The van der Waals surface area contributed by atoms with Gasteiger partial charge in [0, 0.05) is 5.69 Å². The zero-order valence-corrected chi connectivity index (χ0v) is 15.0. The Bertz CT molecular complexity index is 594. The zero-order chi connectivity index (χ0) is 18.1. The zero-order valence-electron chi connectivity index (χ0n) is 15.0. The molecule has 0 aromatic heterocycles. The molecule has 2 amide bonds. The summed E-state index contributed by atoms with van der Waals surface area (Å²) < 4.78 is 0. The van der Waals surface area contributed by atoms with Crippen LogP contribution >= 0.6 is 0 Å². The van der Waals surface area contributed by atoms with Crippen LogP contribution in [0.15, 0.2) is 17.9 Å². The number of carbonyl (C=O) groups is 1. The van der Waals surface area contributed by atoms with E-state index in [4.69, 9.17) is 10.3 Å². The second-order valence-electron chi connectivity index (χ2n) is 5.91. The number of aliphatic hydroxyl groups excluding tert-OH is 1. The Morgan fingerprint density at radius 3 is 2.58 bits per heavy atom. The average molecular weight is 335 g/mol. The molecule has 0 aliphatic heterocycles. The van der Waals surface area contributed by atoms with Crippen molar-refractivity contribution in [2.24, 2.45) is 0 Å². The summed E-state index contributed by atoms with van der Waals surface area (Å²) >= 11 is 0. The van der Waals surface area contributed by atoms with Gasteiger partial charge in [-0.2, -0.15) is 0 Å². The second kappa shape index (κ2) is 9.95. The van der Waals surface area contributed by atoms with Crippen LogP contribution in [0.3, 0.4) is 0 Å². The summed E-state index contributed by atoms with van der Waals surface area (Å²) in [5.74, 6) is 0.380. The van der Waals surface area contributed by atoms with E-state index in [9.17, 15) is 4.79 Å². The minimum Gasteiger partial charge on any atom is -0.513 e. The van der Waals surface area contributed by atoms with E-state index in [-0.39, 0.29) is 0 Å². The number of benzene rings is 1. The normalized spacial score (nSPS) is 13.0. The molecular weight excluding hydrogens is 306 g/mol. The van der Waals surface area contributed by atoms with Gasteiger partial charge in [0.15, 0.2) is 0 Å². The van der Waals surface area contributed by atoms with Gasteiger partial charge in [0.2, 0.25) is 0 Å². The fourth-order valence-electron chi connectivity index (χ4n) is 2.86. The highest BCUT2D eigenvalue weighted by atomic mass is 16.5. The first kappa shape index (κ1) is 20.0. The molecule has 0 unspecified atom stereocenters.